The number of halogens is 1. The monoisotopic (exact) mass is 709 g/mol. The molecular formula is C37H44FN11O3. The topological polar surface area (TPSA) is 164 Å². The maximum Gasteiger partial charge on any atom is 0.265 e. The van der Waals surface area contributed by atoms with Gasteiger partial charge in [0.15, 0.2) is 17.5 Å². The van der Waals surface area contributed by atoms with Gasteiger partial charge < -0.3 is 15.5 Å². The Kier molecular flexibility index (Phi) is 10.7. The molecule has 0 bridgehead atoms. The number of hydrogen-bond donors (Lipinski definition) is 5. The standard InChI is InChI=1S/C37H44FN11O3/c1-24-22-32(45-44-24)41-34-31(38)23-39-37(43-34)40-28-6-2-27(3-7-28)35(51)46-49-16-13-25(14-17-49)12-15-47-18-20-48(21-19-47)29-8-4-26(5-9-29)30-10-11-33(50)42-36(30)52/h2-9,22-23,25,30H,10-21H2,1H3,(H,46,51)(H,42,50,52)(H3,39,40,41,43,44,45). The van der Waals surface area contributed by atoms with Crippen LogP contribution in [0.15, 0.2) is 60.8 Å². The molecule has 5 N–H and O–H groups in total. The Morgan fingerprint density at radius 2 is 1.69 bits per heavy atom. The number of aromatic nitrogens is 4. The Balaban J connectivity index is 0.802. The van der Waals surface area contributed by atoms with Crippen molar-refractivity contribution in [2.45, 2.75) is 44.9 Å². The molecule has 14 nitrogen and oxygen atoms in total. The zero-order chi connectivity index (χ0) is 36.0. The number of aryl methyl sites for hydroxylation is 1. The number of piperazine rings is 1. The fourth-order valence-corrected chi connectivity index (χ4v) is 7.02. The average Bonchev–Trinajstić information content (AvgIpc) is 3.57. The smallest absolute Gasteiger partial charge is 0.265 e. The molecule has 3 amide bonds. The SMILES string of the molecule is Cc1cc(Nc2nc(Nc3ccc(C(=O)NN4CCC(CCN5CCN(c6ccc(C7CCC(=O)NC7=O)cc6)CC5)CC4)cc3)ncc2F)n[nH]1. The first-order chi connectivity index (χ1) is 25.3. The number of carbonyl (C=O) groups is 3. The van der Waals surface area contributed by atoms with Gasteiger partial charge in [-0.15, -0.1) is 0 Å². The van der Waals surface area contributed by atoms with Crippen LogP contribution in [0, 0.1) is 18.7 Å². The van der Waals surface area contributed by atoms with Crippen molar-refractivity contribution in [3.63, 3.8) is 0 Å². The number of nitrogens with one attached hydrogen (secondary N) is 5. The zero-order valence-corrected chi connectivity index (χ0v) is 29.2. The number of amides is 3. The molecule has 0 spiro atoms. The summed E-state index contributed by atoms with van der Waals surface area (Å²) >= 11 is 0. The molecule has 272 valence electrons. The van der Waals surface area contributed by atoms with Gasteiger partial charge in [0.1, 0.15) is 0 Å². The van der Waals surface area contributed by atoms with Crippen LogP contribution in [-0.2, 0) is 9.59 Å². The molecule has 0 saturated carbocycles. The fourth-order valence-electron chi connectivity index (χ4n) is 7.02. The highest BCUT2D eigenvalue weighted by Crippen LogP contribution is 2.28. The minimum absolute atomic E-state index is 0.00355. The maximum atomic E-state index is 14.3. The van der Waals surface area contributed by atoms with Gasteiger partial charge in [0.2, 0.25) is 17.8 Å². The van der Waals surface area contributed by atoms with Crippen LogP contribution in [0.25, 0.3) is 0 Å². The van der Waals surface area contributed by atoms with Crippen molar-refractivity contribution in [3.8, 4) is 0 Å². The fraction of sp³-hybridized carbons (Fsp3) is 0.405. The number of H-pyrrole nitrogens is 1. The highest BCUT2D eigenvalue weighted by atomic mass is 19.1. The summed E-state index contributed by atoms with van der Waals surface area (Å²) < 4.78 is 14.3. The molecule has 4 aromatic rings. The first-order valence-electron chi connectivity index (χ1n) is 17.9. The molecule has 3 aliphatic heterocycles. The minimum Gasteiger partial charge on any atom is -0.369 e. The Labute approximate surface area is 301 Å². The lowest BCUT2D eigenvalue weighted by Gasteiger charge is -2.37. The molecule has 3 aliphatic rings. The van der Waals surface area contributed by atoms with E-state index in [4.69, 9.17) is 0 Å². The first kappa shape index (κ1) is 35.0. The lowest BCUT2D eigenvalue weighted by atomic mass is 9.90. The van der Waals surface area contributed by atoms with Crippen molar-refractivity contribution in [2.75, 3.05) is 61.3 Å². The molecule has 5 heterocycles. The average molecular weight is 710 g/mol. The summed E-state index contributed by atoms with van der Waals surface area (Å²) in [6, 6.07) is 17.0. The van der Waals surface area contributed by atoms with Gasteiger partial charge in [-0.25, -0.2) is 14.4 Å². The van der Waals surface area contributed by atoms with Crippen LogP contribution in [-0.4, -0.2) is 93.6 Å². The molecule has 52 heavy (non-hydrogen) atoms. The molecule has 15 heteroatoms. The molecule has 7 rings (SSSR count). The van der Waals surface area contributed by atoms with Gasteiger partial charge in [-0.05, 0) is 87.0 Å². The molecule has 0 aliphatic carbocycles. The highest BCUT2D eigenvalue weighted by molar-refractivity contribution is 6.01. The molecule has 1 unspecified atom stereocenters. The Morgan fingerprint density at radius 1 is 0.942 bits per heavy atom. The number of anilines is 5. The van der Waals surface area contributed by atoms with E-state index in [2.05, 4.69) is 63.5 Å². The summed E-state index contributed by atoms with van der Waals surface area (Å²) in [5, 5.41) is 17.2. The van der Waals surface area contributed by atoms with Crippen LogP contribution in [0.2, 0.25) is 0 Å². The molecule has 3 fully saturated rings. The number of rotatable bonds is 11. The van der Waals surface area contributed by atoms with Crippen molar-refractivity contribution in [3.05, 3.63) is 83.4 Å². The quantitative estimate of drug-likeness (QED) is 0.142. The molecular weight excluding hydrogens is 665 g/mol. The van der Waals surface area contributed by atoms with Crippen molar-refractivity contribution >= 4 is 46.7 Å². The zero-order valence-electron chi connectivity index (χ0n) is 29.2. The third kappa shape index (κ3) is 8.72. The number of nitrogens with zero attached hydrogens (tertiary/aromatic N) is 6. The second-order valence-corrected chi connectivity index (χ2v) is 13.7. The van der Waals surface area contributed by atoms with E-state index in [1.165, 1.54) is 5.69 Å². The van der Waals surface area contributed by atoms with E-state index in [1.54, 1.807) is 30.3 Å². The van der Waals surface area contributed by atoms with Crippen LogP contribution in [0.4, 0.5) is 33.3 Å². The van der Waals surface area contributed by atoms with Gasteiger partial charge >= 0.3 is 0 Å². The van der Waals surface area contributed by atoms with E-state index < -0.39 is 5.82 Å². The number of hydrazine groups is 1. The van der Waals surface area contributed by atoms with Crippen molar-refractivity contribution in [1.82, 2.24) is 40.8 Å². The first-order valence-corrected chi connectivity index (χ1v) is 17.9. The van der Waals surface area contributed by atoms with E-state index in [-0.39, 0.29) is 35.4 Å². The molecule has 0 radical (unpaired) electrons. The molecule has 1 atom stereocenters. The molecule has 2 aromatic heterocycles. The van der Waals surface area contributed by atoms with Gasteiger partial charge in [0.25, 0.3) is 5.91 Å². The van der Waals surface area contributed by atoms with Gasteiger partial charge in [-0.3, -0.25) is 35.1 Å². The number of hydrogen-bond acceptors (Lipinski definition) is 11. The van der Waals surface area contributed by atoms with Gasteiger partial charge in [-0.1, -0.05) is 12.1 Å². The Hall–Kier alpha value is -5.41. The summed E-state index contributed by atoms with van der Waals surface area (Å²) in [5.41, 5.74) is 7.21. The third-order valence-electron chi connectivity index (χ3n) is 10.1. The number of piperidine rings is 2. The van der Waals surface area contributed by atoms with E-state index in [9.17, 15) is 18.8 Å². The van der Waals surface area contributed by atoms with Gasteiger partial charge in [0.05, 0.1) is 12.1 Å². The normalized spacial score (nSPS) is 19.0. The molecule has 2 aromatic carbocycles. The predicted octanol–water partition coefficient (Wildman–Crippen LogP) is 4.22. The summed E-state index contributed by atoms with van der Waals surface area (Å²) in [5.74, 6) is -0.131. The number of benzene rings is 2. The highest BCUT2D eigenvalue weighted by Gasteiger charge is 2.28. The van der Waals surface area contributed by atoms with Gasteiger partial charge in [0, 0.05) is 74.4 Å². The van der Waals surface area contributed by atoms with E-state index in [0.717, 1.165) is 82.5 Å². The molecule has 3 saturated heterocycles. The number of aromatic amines is 1. The van der Waals surface area contributed by atoms with E-state index in [1.807, 2.05) is 24.1 Å². The maximum absolute atomic E-state index is 14.3. The Bertz CT molecular complexity index is 1870. The third-order valence-corrected chi connectivity index (χ3v) is 10.1. The van der Waals surface area contributed by atoms with Crippen LogP contribution in [0.1, 0.15) is 59.6 Å². The summed E-state index contributed by atoms with van der Waals surface area (Å²) in [6.07, 6.45) is 5.26. The summed E-state index contributed by atoms with van der Waals surface area (Å²) in [7, 11) is 0. The van der Waals surface area contributed by atoms with Crippen molar-refractivity contribution < 1.29 is 18.8 Å². The van der Waals surface area contributed by atoms with Crippen molar-refractivity contribution in [1.29, 1.82) is 0 Å². The van der Waals surface area contributed by atoms with Crippen LogP contribution >= 0.6 is 0 Å². The van der Waals surface area contributed by atoms with Gasteiger partial charge in [-0.2, -0.15) is 10.1 Å². The Morgan fingerprint density at radius 3 is 2.38 bits per heavy atom. The predicted molar refractivity (Wildman–Crippen MR) is 195 cm³/mol. The van der Waals surface area contributed by atoms with E-state index in [0.29, 0.717) is 35.8 Å². The second-order valence-electron chi connectivity index (χ2n) is 13.7. The minimum atomic E-state index is -0.605. The number of carbonyl (C=O) groups excluding carboxylic acids is 3. The van der Waals surface area contributed by atoms with Crippen LogP contribution < -0.4 is 26.3 Å². The van der Waals surface area contributed by atoms with Crippen molar-refractivity contribution in [2.24, 2.45) is 5.92 Å². The lowest BCUT2D eigenvalue weighted by Crippen LogP contribution is -2.48. The largest absolute Gasteiger partial charge is 0.369 e. The van der Waals surface area contributed by atoms with E-state index >= 15 is 0 Å². The number of imide groups is 1. The van der Waals surface area contributed by atoms with Crippen LogP contribution in [0.5, 0.6) is 0 Å². The summed E-state index contributed by atoms with van der Waals surface area (Å²) in [4.78, 5) is 49.9. The van der Waals surface area contributed by atoms with Crippen LogP contribution in [0.3, 0.4) is 0 Å². The summed E-state index contributed by atoms with van der Waals surface area (Å²) in [6.45, 7) is 8.50. The lowest BCUT2D eigenvalue weighted by molar-refractivity contribution is -0.134. The second kappa shape index (κ2) is 15.9.